The lowest BCUT2D eigenvalue weighted by molar-refractivity contribution is 0.0561. The average molecular weight is 349 g/mol. The van der Waals surface area contributed by atoms with Crippen LogP contribution in [0.3, 0.4) is 0 Å². The second-order valence-corrected chi connectivity index (χ2v) is 7.58. The van der Waals surface area contributed by atoms with Crippen molar-refractivity contribution >= 4 is 0 Å². The van der Waals surface area contributed by atoms with Crippen molar-refractivity contribution in [1.29, 1.82) is 0 Å². The first-order valence-electron chi connectivity index (χ1n) is 9.87. The molecular formula is C21H36N2O2. The molecule has 0 aromatic heterocycles. The van der Waals surface area contributed by atoms with Crippen LogP contribution < -0.4 is 4.74 Å². The summed E-state index contributed by atoms with van der Waals surface area (Å²) >= 11 is 0. The van der Waals surface area contributed by atoms with Gasteiger partial charge in [-0.25, -0.2) is 0 Å². The van der Waals surface area contributed by atoms with Gasteiger partial charge in [0.05, 0.1) is 0 Å². The molecule has 142 valence electrons. The molecule has 1 aromatic carbocycles. The van der Waals surface area contributed by atoms with Crippen molar-refractivity contribution in [2.45, 2.75) is 64.1 Å². The predicted octanol–water partition coefficient (Wildman–Crippen LogP) is 3.53. The van der Waals surface area contributed by atoms with Gasteiger partial charge in [0.15, 0.2) is 0 Å². The van der Waals surface area contributed by atoms with Gasteiger partial charge >= 0.3 is 0 Å². The van der Waals surface area contributed by atoms with E-state index in [1.165, 1.54) is 37.7 Å². The van der Waals surface area contributed by atoms with Crippen LogP contribution in [-0.4, -0.2) is 60.8 Å². The van der Waals surface area contributed by atoms with Crippen molar-refractivity contribution < 1.29 is 9.84 Å². The van der Waals surface area contributed by atoms with Crippen LogP contribution in [-0.2, 0) is 6.54 Å². The summed E-state index contributed by atoms with van der Waals surface area (Å²) in [6, 6.07) is 8.85. The second-order valence-electron chi connectivity index (χ2n) is 7.58. The number of aliphatic hydroxyl groups is 1. The Kier molecular flexibility index (Phi) is 8.73. The highest BCUT2D eigenvalue weighted by atomic mass is 16.5. The molecule has 2 rings (SSSR count). The van der Waals surface area contributed by atoms with E-state index in [0.29, 0.717) is 19.2 Å². The highest BCUT2D eigenvalue weighted by Crippen LogP contribution is 2.22. The van der Waals surface area contributed by atoms with E-state index in [-0.39, 0.29) is 0 Å². The zero-order valence-corrected chi connectivity index (χ0v) is 16.3. The van der Waals surface area contributed by atoms with Crippen LogP contribution in [0.15, 0.2) is 24.3 Å². The molecule has 0 radical (unpaired) electrons. The Hall–Kier alpha value is -1.10. The first-order valence-corrected chi connectivity index (χ1v) is 9.87. The first-order chi connectivity index (χ1) is 12.1. The third kappa shape index (κ3) is 7.35. The fraction of sp³-hybridized carbons (Fsp3) is 0.714. The maximum atomic E-state index is 10.3. The third-order valence-electron chi connectivity index (χ3n) is 5.10. The van der Waals surface area contributed by atoms with Crippen LogP contribution >= 0.6 is 0 Å². The van der Waals surface area contributed by atoms with Crippen molar-refractivity contribution in [1.82, 2.24) is 9.80 Å². The van der Waals surface area contributed by atoms with Gasteiger partial charge in [-0.2, -0.15) is 0 Å². The Bertz CT molecular complexity index is 489. The van der Waals surface area contributed by atoms with E-state index in [0.717, 1.165) is 25.3 Å². The number of benzene rings is 1. The first kappa shape index (κ1) is 20.2. The van der Waals surface area contributed by atoms with Gasteiger partial charge in [-0.05, 0) is 57.6 Å². The monoisotopic (exact) mass is 348 g/mol. The van der Waals surface area contributed by atoms with Gasteiger partial charge in [0.25, 0.3) is 0 Å². The third-order valence-corrected chi connectivity index (χ3v) is 5.10. The fourth-order valence-electron chi connectivity index (χ4n) is 3.75. The molecule has 0 saturated heterocycles. The zero-order valence-electron chi connectivity index (χ0n) is 16.3. The smallest absolute Gasteiger partial charge is 0.119 e. The number of likely N-dealkylation sites (N-methyl/N-ethyl adjacent to an activating group) is 1. The van der Waals surface area contributed by atoms with E-state index in [1.54, 1.807) is 0 Å². The summed E-state index contributed by atoms with van der Waals surface area (Å²) in [5.74, 6) is 0.849. The largest absolute Gasteiger partial charge is 0.491 e. The molecule has 1 atom stereocenters. The van der Waals surface area contributed by atoms with E-state index in [4.69, 9.17) is 4.74 Å². The summed E-state index contributed by atoms with van der Waals surface area (Å²) in [6.45, 7) is 5.26. The van der Waals surface area contributed by atoms with E-state index in [9.17, 15) is 5.11 Å². The fourth-order valence-corrected chi connectivity index (χ4v) is 3.75. The van der Waals surface area contributed by atoms with Crippen LogP contribution in [0.2, 0.25) is 0 Å². The Labute approximate surface area is 153 Å². The Morgan fingerprint density at radius 1 is 1.20 bits per heavy atom. The minimum atomic E-state index is -0.446. The van der Waals surface area contributed by atoms with Gasteiger partial charge in [-0.3, -0.25) is 0 Å². The number of nitrogens with zero attached hydrogens (tertiary/aromatic N) is 2. The lowest BCUT2D eigenvalue weighted by atomic mass is 9.94. The second kappa shape index (κ2) is 10.8. The van der Waals surface area contributed by atoms with Gasteiger partial charge in [0, 0.05) is 19.1 Å². The van der Waals surface area contributed by atoms with Gasteiger partial charge in [-0.15, -0.1) is 0 Å². The molecule has 4 nitrogen and oxygen atoms in total. The summed E-state index contributed by atoms with van der Waals surface area (Å²) in [7, 11) is 4.27. The highest BCUT2D eigenvalue weighted by molar-refractivity contribution is 5.28. The normalized spacial score (nSPS) is 17.2. The molecule has 1 fully saturated rings. The molecule has 1 aliphatic rings. The number of aliphatic hydroxyl groups excluding tert-OH is 1. The summed E-state index contributed by atoms with van der Waals surface area (Å²) in [5, 5.41) is 10.3. The van der Waals surface area contributed by atoms with Gasteiger partial charge < -0.3 is 19.6 Å². The van der Waals surface area contributed by atoms with Crippen LogP contribution in [0.1, 0.15) is 51.0 Å². The number of ether oxygens (including phenoxy) is 1. The number of hydrogen-bond donors (Lipinski definition) is 1. The summed E-state index contributed by atoms with van der Waals surface area (Å²) in [6.07, 6.45) is 7.24. The highest BCUT2D eigenvalue weighted by Gasteiger charge is 2.20. The van der Waals surface area contributed by atoms with Gasteiger partial charge in [-0.1, -0.05) is 38.3 Å². The minimum Gasteiger partial charge on any atom is -0.491 e. The number of hydrogen-bond acceptors (Lipinski definition) is 4. The maximum Gasteiger partial charge on any atom is 0.119 e. The van der Waals surface area contributed by atoms with E-state index in [1.807, 2.05) is 12.1 Å². The standard InChI is InChI=1S/C21H36N2O2/c1-4-13-22(2)15-18-9-8-12-21(14-18)25-17-20(24)16-23(3)19-10-6-5-7-11-19/h8-9,12,14,19-20,24H,4-7,10-11,13,15-17H2,1-3H3/t20-/m0/s1. The predicted molar refractivity (Wildman–Crippen MR) is 104 cm³/mol. The molecule has 0 aliphatic heterocycles. The molecule has 4 heteroatoms. The number of rotatable bonds is 10. The van der Waals surface area contributed by atoms with Crippen molar-refractivity contribution in [3.63, 3.8) is 0 Å². The molecule has 0 unspecified atom stereocenters. The molecule has 25 heavy (non-hydrogen) atoms. The van der Waals surface area contributed by atoms with Crippen molar-refractivity contribution in [3.8, 4) is 5.75 Å². The molecular weight excluding hydrogens is 312 g/mol. The van der Waals surface area contributed by atoms with Crippen molar-refractivity contribution in [2.75, 3.05) is 33.8 Å². The molecule has 1 aliphatic carbocycles. The lowest BCUT2D eigenvalue weighted by Gasteiger charge is -2.32. The van der Waals surface area contributed by atoms with Crippen molar-refractivity contribution in [3.05, 3.63) is 29.8 Å². The van der Waals surface area contributed by atoms with E-state index < -0.39 is 6.10 Å². The SMILES string of the molecule is CCCN(C)Cc1cccc(OC[C@@H](O)CN(C)C2CCCCC2)c1. The minimum absolute atomic E-state index is 0.352. The molecule has 0 amide bonds. The van der Waals surface area contributed by atoms with Gasteiger partial charge in [0.2, 0.25) is 0 Å². The van der Waals surface area contributed by atoms with Crippen molar-refractivity contribution in [2.24, 2.45) is 0 Å². The average Bonchev–Trinajstić information content (AvgIpc) is 2.61. The Balaban J connectivity index is 1.76. The Morgan fingerprint density at radius 2 is 1.96 bits per heavy atom. The van der Waals surface area contributed by atoms with Crippen LogP contribution in [0.25, 0.3) is 0 Å². The summed E-state index contributed by atoms with van der Waals surface area (Å²) in [5.41, 5.74) is 1.25. The van der Waals surface area contributed by atoms with E-state index in [2.05, 4.69) is 43.0 Å². The molecule has 0 heterocycles. The summed E-state index contributed by atoms with van der Waals surface area (Å²) < 4.78 is 5.84. The maximum absolute atomic E-state index is 10.3. The summed E-state index contributed by atoms with van der Waals surface area (Å²) in [4.78, 5) is 4.62. The molecule has 0 spiro atoms. The molecule has 1 aromatic rings. The molecule has 1 N–H and O–H groups in total. The molecule has 1 saturated carbocycles. The quantitative estimate of drug-likeness (QED) is 0.702. The van der Waals surface area contributed by atoms with E-state index >= 15 is 0 Å². The topological polar surface area (TPSA) is 35.9 Å². The van der Waals surface area contributed by atoms with Gasteiger partial charge in [0.1, 0.15) is 18.5 Å². The molecule has 0 bridgehead atoms. The van der Waals surface area contributed by atoms with Crippen LogP contribution in [0, 0.1) is 0 Å². The zero-order chi connectivity index (χ0) is 18.1. The van der Waals surface area contributed by atoms with Crippen LogP contribution in [0.5, 0.6) is 5.75 Å². The van der Waals surface area contributed by atoms with Crippen LogP contribution in [0.4, 0.5) is 0 Å². The lowest BCUT2D eigenvalue weighted by Crippen LogP contribution is -2.40. The Morgan fingerprint density at radius 3 is 2.68 bits per heavy atom.